The van der Waals surface area contributed by atoms with Crippen molar-refractivity contribution in [1.29, 1.82) is 0 Å². The molecule has 1 aromatic carbocycles. The van der Waals surface area contributed by atoms with Crippen molar-refractivity contribution in [2.75, 3.05) is 13.1 Å². The van der Waals surface area contributed by atoms with Crippen LogP contribution in [0.2, 0.25) is 0 Å². The van der Waals surface area contributed by atoms with E-state index >= 15 is 0 Å². The van der Waals surface area contributed by atoms with Gasteiger partial charge in [-0.25, -0.2) is 4.39 Å². The molecule has 1 N–H and O–H groups in total. The van der Waals surface area contributed by atoms with Crippen molar-refractivity contribution in [3.63, 3.8) is 0 Å². The largest absolute Gasteiger partial charge is 0.461 e. The zero-order valence-electron chi connectivity index (χ0n) is 10.4. The first-order valence-corrected chi connectivity index (χ1v) is 6.34. The topological polar surface area (TPSA) is 25.2 Å². The van der Waals surface area contributed by atoms with Crippen LogP contribution in [0.4, 0.5) is 4.39 Å². The van der Waals surface area contributed by atoms with Crippen LogP contribution in [-0.4, -0.2) is 13.1 Å². The average molecular weight is 245 g/mol. The molecule has 94 valence electrons. The van der Waals surface area contributed by atoms with Crippen LogP contribution in [0, 0.1) is 12.7 Å². The fraction of sp³-hybridized carbons (Fsp3) is 0.333. The van der Waals surface area contributed by atoms with E-state index in [1.54, 1.807) is 6.07 Å². The summed E-state index contributed by atoms with van der Waals surface area (Å²) in [6.07, 6.45) is 4.17. The number of aryl methyl sites for hydroxylation is 1. The maximum Gasteiger partial charge on any atom is 0.141 e. The highest BCUT2D eigenvalue weighted by Gasteiger charge is 2.13. The van der Waals surface area contributed by atoms with Crippen molar-refractivity contribution in [3.8, 4) is 0 Å². The summed E-state index contributed by atoms with van der Waals surface area (Å²) in [5.41, 5.74) is 2.89. The Labute approximate surface area is 105 Å². The van der Waals surface area contributed by atoms with Gasteiger partial charge in [0.15, 0.2) is 0 Å². The second-order valence-corrected chi connectivity index (χ2v) is 4.77. The zero-order valence-corrected chi connectivity index (χ0v) is 10.4. The summed E-state index contributed by atoms with van der Waals surface area (Å²) in [4.78, 5) is 0. The molecular weight excluding hydrogens is 229 g/mol. The van der Waals surface area contributed by atoms with E-state index in [9.17, 15) is 4.39 Å². The molecule has 0 bridgehead atoms. The highest BCUT2D eigenvalue weighted by atomic mass is 19.1. The maximum absolute atomic E-state index is 13.7. The van der Waals surface area contributed by atoms with Crippen molar-refractivity contribution in [3.05, 3.63) is 41.4 Å². The molecule has 1 aliphatic rings. The summed E-state index contributed by atoms with van der Waals surface area (Å²) < 4.78 is 19.4. The molecule has 0 unspecified atom stereocenters. The van der Waals surface area contributed by atoms with E-state index in [-0.39, 0.29) is 5.82 Å². The van der Waals surface area contributed by atoms with E-state index in [1.165, 1.54) is 11.6 Å². The Morgan fingerprint density at radius 1 is 1.28 bits per heavy atom. The Hall–Kier alpha value is -1.61. The molecule has 0 amide bonds. The van der Waals surface area contributed by atoms with E-state index in [1.807, 2.05) is 13.0 Å². The Bertz CT molecular complexity index is 612. The number of nitrogens with one attached hydrogen (secondary N) is 1. The lowest BCUT2D eigenvalue weighted by Crippen LogP contribution is -2.12. The molecule has 0 atom stereocenters. The minimum absolute atomic E-state index is 0.198. The number of furan rings is 1. The van der Waals surface area contributed by atoms with Crippen molar-refractivity contribution in [1.82, 2.24) is 5.32 Å². The van der Waals surface area contributed by atoms with Crippen LogP contribution in [-0.2, 0) is 0 Å². The van der Waals surface area contributed by atoms with Crippen molar-refractivity contribution < 1.29 is 8.81 Å². The number of allylic oxidation sites excluding steroid dienone is 1. The molecule has 1 aliphatic heterocycles. The highest BCUT2D eigenvalue weighted by molar-refractivity contribution is 5.90. The molecule has 0 radical (unpaired) electrons. The second-order valence-electron chi connectivity index (χ2n) is 4.77. The van der Waals surface area contributed by atoms with Crippen LogP contribution in [0.5, 0.6) is 0 Å². The van der Waals surface area contributed by atoms with Crippen LogP contribution in [0.1, 0.15) is 24.2 Å². The van der Waals surface area contributed by atoms with Gasteiger partial charge in [0.1, 0.15) is 17.2 Å². The number of hydrogen-bond donors (Lipinski definition) is 1. The van der Waals surface area contributed by atoms with Gasteiger partial charge in [0.05, 0.1) is 0 Å². The van der Waals surface area contributed by atoms with Gasteiger partial charge in [0.25, 0.3) is 0 Å². The Morgan fingerprint density at radius 2 is 2.17 bits per heavy atom. The van der Waals surface area contributed by atoms with Gasteiger partial charge in [-0.1, -0.05) is 6.08 Å². The Balaban J connectivity index is 2.17. The summed E-state index contributed by atoms with van der Waals surface area (Å²) in [6, 6.07) is 5.00. The minimum atomic E-state index is -0.198. The number of benzene rings is 1. The zero-order chi connectivity index (χ0) is 12.5. The van der Waals surface area contributed by atoms with Gasteiger partial charge in [-0.3, -0.25) is 0 Å². The molecular formula is C15H16FNO. The van der Waals surface area contributed by atoms with Crippen molar-refractivity contribution >= 4 is 16.5 Å². The van der Waals surface area contributed by atoms with Crippen LogP contribution in [0.3, 0.4) is 0 Å². The molecule has 3 rings (SSSR count). The predicted molar refractivity (Wildman–Crippen MR) is 71.0 cm³/mol. The maximum atomic E-state index is 13.7. The van der Waals surface area contributed by atoms with E-state index in [2.05, 4.69) is 11.4 Å². The van der Waals surface area contributed by atoms with Gasteiger partial charge in [-0.2, -0.15) is 0 Å². The lowest BCUT2D eigenvalue weighted by Gasteiger charge is -2.06. The third kappa shape index (κ3) is 2.06. The standard InChI is InChI=1S/C15H16FNO/c1-10-7-12-8-13(16)9-14(15(12)18-10)11-3-2-5-17-6-4-11/h4,7-9,17H,2-3,5-6H2,1H3. The third-order valence-corrected chi connectivity index (χ3v) is 3.34. The Kier molecular flexibility index (Phi) is 2.92. The normalized spacial score (nSPS) is 16.7. The monoisotopic (exact) mass is 245 g/mol. The van der Waals surface area contributed by atoms with Crippen LogP contribution < -0.4 is 5.32 Å². The smallest absolute Gasteiger partial charge is 0.141 e. The van der Waals surface area contributed by atoms with Crippen molar-refractivity contribution in [2.24, 2.45) is 0 Å². The number of fused-ring (bicyclic) bond motifs is 1. The van der Waals surface area contributed by atoms with Crippen LogP contribution >= 0.6 is 0 Å². The average Bonchev–Trinajstić information content (AvgIpc) is 2.56. The Morgan fingerprint density at radius 3 is 3.06 bits per heavy atom. The van der Waals surface area contributed by atoms with Gasteiger partial charge in [-0.05, 0) is 50.1 Å². The third-order valence-electron chi connectivity index (χ3n) is 3.34. The van der Waals surface area contributed by atoms with Crippen LogP contribution in [0.15, 0.2) is 28.7 Å². The second kappa shape index (κ2) is 4.58. The van der Waals surface area contributed by atoms with Gasteiger partial charge < -0.3 is 9.73 Å². The first-order chi connectivity index (χ1) is 8.74. The van der Waals surface area contributed by atoms with Gasteiger partial charge in [0.2, 0.25) is 0 Å². The number of hydrogen-bond acceptors (Lipinski definition) is 2. The molecule has 0 aliphatic carbocycles. The van der Waals surface area contributed by atoms with E-state index < -0.39 is 0 Å². The predicted octanol–water partition coefficient (Wildman–Crippen LogP) is 3.65. The van der Waals surface area contributed by atoms with Gasteiger partial charge >= 0.3 is 0 Å². The summed E-state index contributed by atoms with van der Waals surface area (Å²) in [5.74, 6) is 0.626. The first-order valence-electron chi connectivity index (χ1n) is 6.34. The minimum Gasteiger partial charge on any atom is -0.461 e. The molecule has 1 aromatic heterocycles. The van der Waals surface area contributed by atoms with Gasteiger partial charge in [0, 0.05) is 17.5 Å². The van der Waals surface area contributed by atoms with E-state index in [0.717, 1.165) is 48.2 Å². The van der Waals surface area contributed by atoms with E-state index in [0.29, 0.717) is 0 Å². The van der Waals surface area contributed by atoms with Crippen molar-refractivity contribution in [2.45, 2.75) is 19.8 Å². The summed E-state index contributed by atoms with van der Waals surface area (Å²) >= 11 is 0. The SMILES string of the molecule is Cc1cc2cc(F)cc(C3=CCNCCC3)c2o1. The quantitative estimate of drug-likeness (QED) is 0.829. The lowest BCUT2D eigenvalue weighted by molar-refractivity contribution is 0.575. The molecule has 0 saturated carbocycles. The van der Waals surface area contributed by atoms with Crippen LogP contribution in [0.25, 0.3) is 16.5 Å². The lowest BCUT2D eigenvalue weighted by atomic mass is 9.99. The molecule has 0 fully saturated rings. The molecule has 2 heterocycles. The number of halogens is 1. The fourth-order valence-electron chi connectivity index (χ4n) is 2.53. The molecule has 18 heavy (non-hydrogen) atoms. The van der Waals surface area contributed by atoms with Gasteiger partial charge in [-0.15, -0.1) is 0 Å². The molecule has 2 aromatic rings. The molecule has 0 saturated heterocycles. The number of rotatable bonds is 1. The summed E-state index contributed by atoms with van der Waals surface area (Å²) in [5, 5.41) is 4.16. The molecule has 0 spiro atoms. The molecule has 2 nitrogen and oxygen atoms in total. The summed E-state index contributed by atoms with van der Waals surface area (Å²) in [6.45, 7) is 3.74. The summed E-state index contributed by atoms with van der Waals surface area (Å²) in [7, 11) is 0. The highest BCUT2D eigenvalue weighted by Crippen LogP contribution is 2.31. The molecule has 3 heteroatoms. The fourth-order valence-corrected chi connectivity index (χ4v) is 2.53. The van der Waals surface area contributed by atoms with E-state index in [4.69, 9.17) is 4.42 Å². The first kappa shape index (κ1) is 11.5.